The Hall–Kier alpha value is -4.63. The highest BCUT2D eigenvalue weighted by Crippen LogP contribution is 2.34. The van der Waals surface area contributed by atoms with Crippen LogP contribution in [0.25, 0.3) is 0 Å². The Morgan fingerprint density at radius 1 is 0.583 bits per heavy atom. The van der Waals surface area contributed by atoms with Gasteiger partial charge in [0, 0.05) is 49.3 Å². The van der Waals surface area contributed by atoms with Crippen molar-refractivity contribution in [1.29, 1.82) is 0 Å². The first kappa shape index (κ1) is 31.9. The maximum Gasteiger partial charge on any atom is 0.254 e. The first-order valence-corrected chi connectivity index (χ1v) is 18.1. The van der Waals surface area contributed by atoms with Crippen molar-refractivity contribution in [3.05, 3.63) is 173 Å². The molecular formula is C45H48N2O. The standard InChI is InChI=1S/C45H48N2O/c48-45-44-34-41(25-24-40(44)28-32-47(45)33-29-43(38-19-9-3-10-20-38)39-21-11-4-12-22-39)46-30-26-35(27-31-46)14-13-23-42(36-15-5-1-6-16-36)37-17-7-2-8-18-37/h1-12,15-22,24-25,34-35,42-43H,13-14,23,26-33H2. The largest absolute Gasteiger partial charge is 0.371 e. The third-order valence-corrected chi connectivity index (χ3v) is 10.8. The van der Waals surface area contributed by atoms with Crippen LogP contribution < -0.4 is 4.90 Å². The molecule has 3 nitrogen and oxygen atoms in total. The van der Waals surface area contributed by atoms with Gasteiger partial charge in [-0.3, -0.25) is 4.79 Å². The first-order chi connectivity index (χ1) is 23.7. The summed E-state index contributed by atoms with van der Waals surface area (Å²) in [5.41, 5.74) is 8.78. The number of anilines is 1. The third kappa shape index (κ3) is 7.57. The minimum absolute atomic E-state index is 0.194. The zero-order valence-corrected chi connectivity index (χ0v) is 28.1. The highest BCUT2D eigenvalue weighted by molar-refractivity contribution is 5.97. The summed E-state index contributed by atoms with van der Waals surface area (Å²) in [6.45, 7) is 3.69. The van der Waals surface area contributed by atoms with Crippen LogP contribution in [0.5, 0.6) is 0 Å². The zero-order chi connectivity index (χ0) is 32.5. The van der Waals surface area contributed by atoms with Gasteiger partial charge in [-0.15, -0.1) is 0 Å². The minimum Gasteiger partial charge on any atom is -0.371 e. The Kier molecular flexibility index (Phi) is 10.3. The van der Waals surface area contributed by atoms with Crippen molar-refractivity contribution in [1.82, 2.24) is 4.90 Å². The molecule has 0 atom stereocenters. The molecule has 0 radical (unpaired) electrons. The van der Waals surface area contributed by atoms with Crippen molar-refractivity contribution in [3.8, 4) is 0 Å². The van der Waals surface area contributed by atoms with Gasteiger partial charge in [-0.1, -0.05) is 140 Å². The third-order valence-electron chi connectivity index (χ3n) is 10.8. The molecule has 2 aliphatic heterocycles. The first-order valence-electron chi connectivity index (χ1n) is 18.1. The van der Waals surface area contributed by atoms with E-state index in [1.54, 1.807) is 0 Å². The van der Waals surface area contributed by atoms with Crippen molar-refractivity contribution >= 4 is 11.6 Å². The number of rotatable bonds is 12. The number of benzene rings is 5. The van der Waals surface area contributed by atoms with E-state index < -0.39 is 0 Å². The van der Waals surface area contributed by atoms with Crippen LogP contribution in [0.2, 0.25) is 0 Å². The molecule has 5 aromatic rings. The predicted molar refractivity (Wildman–Crippen MR) is 199 cm³/mol. The quantitative estimate of drug-likeness (QED) is 0.137. The summed E-state index contributed by atoms with van der Waals surface area (Å²) in [7, 11) is 0. The minimum atomic E-state index is 0.194. The molecular weight excluding hydrogens is 585 g/mol. The molecule has 1 saturated heterocycles. The number of hydrogen-bond donors (Lipinski definition) is 0. The van der Waals surface area contributed by atoms with E-state index in [-0.39, 0.29) is 11.8 Å². The summed E-state index contributed by atoms with van der Waals surface area (Å²) in [5, 5.41) is 0. The number of fused-ring (bicyclic) bond motifs is 1. The predicted octanol–water partition coefficient (Wildman–Crippen LogP) is 10.1. The number of nitrogens with zero attached hydrogens (tertiary/aromatic N) is 2. The summed E-state index contributed by atoms with van der Waals surface area (Å²) in [4.78, 5) is 18.5. The average Bonchev–Trinajstić information content (AvgIpc) is 3.16. The summed E-state index contributed by atoms with van der Waals surface area (Å²) in [6, 6.07) is 50.2. The average molecular weight is 633 g/mol. The van der Waals surface area contributed by atoms with E-state index in [2.05, 4.69) is 149 Å². The molecule has 0 spiro atoms. The molecule has 244 valence electrons. The van der Waals surface area contributed by atoms with Gasteiger partial charge in [-0.25, -0.2) is 0 Å². The van der Waals surface area contributed by atoms with Crippen molar-refractivity contribution in [3.63, 3.8) is 0 Å². The molecule has 0 bridgehead atoms. The lowest BCUT2D eigenvalue weighted by atomic mass is 9.84. The Morgan fingerprint density at radius 3 is 1.60 bits per heavy atom. The van der Waals surface area contributed by atoms with E-state index in [0.29, 0.717) is 5.92 Å². The van der Waals surface area contributed by atoms with Gasteiger partial charge in [0.2, 0.25) is 0 Å². The van der Waals surface area contributed by atoms with Crippen LogP contribution in [0.1, 0.15) is 88.5 Å². The lowest BCUT2D eigenvalue weighted by Crippen LogP contribution is -2.39. The van der Waals surface area contributed by atoms with Gasteiger partial charge in [0.05, 0.1) is 0 Å². The van der Waals surface area contributed by atoms with Crippen molar-refractivity contribution in [2.24, 2.45) is 5.92 Å². The molecule has 5 aromatic carbocycles. The highest BCUT2D eigenvalue weighted by atomic mass is 16.2. The lowest BCUT2D eigenvalue weighted by molar-refractivity contribution is 0.0736. The number of carbonyl (C=O) groups is 1. The van der Waals surface area contributed by atoms with Gasteiger partial charge in [0.15, 0.2) is 0 Å². The SMILES string of the molecule is O=C1c2cc(N3CCC(CCCC(c4ccccc4)c4ccccc4)CC3)ccc2CCN1CCC(c1ccccc1)c1ccccc1. The van der Waals surface area contributed by atoms with Crippen LogP contribution in [0.15, 0.2) is 140 Å². The van der Waals surface area contributed by atoms with Gasteiger partial charge in [0.25, 0.3) is 5.91 Å². The molecule has 2 heterocycles. The van der Waals surface area contributed by atoms with Crippen molar-refractivity contribution in [2.75, 3.05) is 31.1 Å². The number of piperidine rings is 1. The van der Waals surface area contributed by atoms with Crippen LogP contribution in [0.4, 0.5) is 5.69 Å². The van der Waals surface area contributed by atoms with E-state index in [1.807, 2.05) is 0 Å². The van der Waals surface area contributed by atoms with Crippen LogP contribution >= 0.6 is 0 Å². The molecule has 1 fully saturated rings. The Labute approximate surface area is 287 Å². The van der Waals surface area contributed by atoms with Crippen LogP contribution in [-0.2, 0) is 6.42 Å². The highest BCUT2D eigenvalue weighted by Gasteiger charge is 2.28. The van der Waals surface area contributed by atoms with Crippen molar-refractivity contribution < 1.29 is 4.79 Å². The molecule has 0 saturated carbocycles. The zero-order valence-electron chi connectivity index (χ0n) is 28.1. The van der Waals surface area contributed by atoms with Crippen molar-refractivity contribution in [2.45, 2.75) is 56.8 Å². The molecule has 1 amide bonds. The van der Waals surface area contributed by atoms with Gasteiger partial charge >= 0.3 is 0 Å². The second kappa shape index (κ2) is 15.5. The van der Waals surface area contributed by atoms with Gasteiger partial charge in [0.1, 0.15) is 0 Å². The second-order valence-electron chi connectivity index (χ2n) is 13.8. The van der Waals surface area contributed by atoms with Gasteiger partial charge in [-0.2, -0.15) is 0 Å². The van der Waals surface area contributed by atoms with Crippen LogP contribution in [0, 0.1) is 5.92 Å². The second-order valence-corrected chi connectivity index (χ2v) is 13.8. The monoisotopic (exact) mass is 632 g/mol. The molecule has 0 unspecified atom stereocenters. The fourth-order valence-electron chi connectivity index (χ4n) is 8.09. The summed E-state index contributed by atoms with van der Waals surface area (Å²) in [6.07, 6.45) is 8.01. The molecule has 2 aliphatic rings. The summed E-state index contributed by atoms with van der Waals surface area (Å²) < 4.78 is 0. The van der Waals surface area contributed by atoms with E-state index in [4.69, 9.17) is 0 Å². The number of carbonyl (C=O) groups excluding carboxylic acids is 1. The topological polar surface area (TPSA) is 23.6 Å². The molecule has 3 heteroatoms. The molecule has 0 aromatic heterocycles. The van der Waals surface area contributed by atoms with Crippen LogP contribution in [-0.4, -0.2) is 37.0 Å². The Balaban J connectivity index is 0.943. The number of hydrogen-bond acceptors (Lipinski definition) is 2. The van der Waals surface area contributed by atoms with Crippen LogP contribution in [0.3, 0.4) is 0 Å². The fraction of sp³-hybridized carbons (Fsp3) is 0.311. The molecule has 0 aliphatic carbocycles. The fourth-order valence-corrected chi connectivity index (χ4v) is 8.09. The smallest absolute Gasteiger partial charge is 0.254 e. The maximum absolute atomic E-state index is 13.9. The summed E-state index contributed by atoms with van der Waals surface area (Å²) in [5.74, 6) is 1.70. The van der Waals surface area contributed by atoms with Gasteiger partial charge < -0.3 is 9.80 Å². The summed E-state index contributed by atoms with van der Waals surface area (Å²) >= 11 is 0. The van der Waals surface area contributed by atoms with E-state index in [9.17, 15) is 4.79 Å². The van der Waals surface area contributed by atoms with E-state index >= 15 is 0 Å². The lowest BCUT2D eigenvalue weighted by Gasteiger charge is -2.35. The van der Waals surface area contributed by atoms with E-state index in [0.717, 1.165) is 50.5 Å². The molecule has 7 rings (SSSR count). The number of amides is 1. The normalized spacial score (nSPS) is 15.2. The maximum atomic E-state index is 13.9. The van der Waals surface area contributed by atoms with E-state index in [1.165, 1.54) is 65.6 Å². The Bertz CT molecular complexity index is 1650. The Morgan fingerprint density at radius 2 is 1.08 bits per heavy atom. The van der Waals surface area contributed by atoms with Gasteiger partial charge in [-0.05, 0) is 78.0 Å². The molecule has 0 N–H and O–H groups in total. The molecule has 48 heavy (non-hydrogen) atoms.